The lowest BCUT2D eigenvalue weighted by Gasteiger charge is -2.08. The van der Waals surface area contributed by atoms with Crippen LogP contribution in [0.15, 0.2) is 6.07 Å². The Labute approximate surface area is 81.2 Å². The van der Waals surface area contributed by atoms with Crippen LogP contribution in [0, 0.1) is 25.2 Å². The Bertz CT molecular complexity index is 380. The van der Waals surface area contributed by atoms with Crippen LogP contribution in [0.1, 0.15) is 28.9 Å². The molecule has 0 amide bonds. The SMILES string of the molecule is Cc1nc(CC#N)cc(C(F)F)c1C. The Morgan fingerprint density at radius 1 is 1.50 bits per heavy atom. The molecule has 0 atom stereocenters. The summed E-state index contributed by atoms with van der Waals surface area (Å²) in [6.07, 6.45) is -2.44. The highest BCUT2D eigenvalue weighted by atomic mass is 19.3. The van der Waals surface area contributed by atoms with Crippen molar-refractivity contribution in [2.24, 2.45) is 0 Å². The van der Waals surface area contributed by atoms with Crippen molar-refractivity contribution >= 4 is 0 Å². The van der Waals surface area contributed by atoms with E-state index in [-0.39, 0.29) is 12.0 Å². The van der Waals surface area contributed by atoms with Crippen molar-refractivity contribution in [2.75, 3.05) is 0 Å². The van der Waals surface area contributed by atoms with Crippen LogP contribution >= 0.6 is 0 Å². The Balaban J connectivity index is 3.22. The van der Waals surface area contributed by atoms with Gasteiger partial charge in [0, 0.05) is 11.3 Å². The Kier molecular flexibility index (Phi) is 3.13. The third-order valence-electron chi connectivity index (χ3n) is 2.10. The van der Waals surface area contributed by atoms with Gasteiger partial charge in [-0.15, -0.1) is 0 Å². The van der Waals surface area contributed by atoms with Gasteiger partial charge in [0.1, 0.15) is 0 Å². The number of aryl methyl sites for hydroxylation is 1. The van der Waals surface area contributed by atoms with E-state index in [9.17, 15) is 8.78 Å². The summed E-state index contributed by atoms with van der Waals surface area (Å²) in [6, 6.07) is 3.19. The van der Waals surface area contributed by atoms with Crippen LogP contribution in [0.4, 0.5) is 8.78 Å². The second-order valence-electron chi connectivity index (χ2n) is 3.05. The Morgan fingerprint density at radius 3 is 2.64 bits per heavy atom. The number of hydrogen-bond donors (Lipinski definition) is 0. The molecule has 0 aliphatic rings. The van der Waals surface area contributed by atoms with E-state index in [1.807, 2.05) is 6.07 Å². The minimum absolute atomic E-state index is 0.0252. The molecule has 4 heteroatoms. The van der Waals surface area contributed by atoms with E-state index in [0.29, 0.717) is 17.0 Å². The zero-order valence-electron chi connectivity index (χ0n) is 8.01. The molecule has 1 heterocycles. The monoisotopic (exact) mass is 196 g/mol. The first-order chi connectivity index (χ1) is 6.56. The lowest BCUT2D eigenvalue weighted by molar-refractivity contribution is 0.150. The summed E-state index contributed by atoms with van der Waals surface area (Å²) in [7, 11) is 0. The van der Waals surface area contributed by atoms with E-state index < -0.39 is 6.43 Å². The van der Waals surface area contributed by atoms with Crippen LogP contribution in [0.25, 0.3) is 0 Å². The molecule has 0 spiro atoms. The molecule has 0 saturated heterocycles. The lowest BCUT2D eigenvalue weighted by atomic mass is 10.1. The van der Waals surface area contributed by atoms with Crippen molar-refractivity contribution in [3.05, 3.63) is 28.6 Å². The Hall–Kier alpha value is -1.50. The van der Waals surface area contributed by atoms with Crippen LogP contribution in [0.2, 0.25) is 0 Å². The summed E-state index contributed by atoms with van der Waals surface area (Å²) >= 11 is 0. The third-order valence-corrected chi connectivity index (χ3v) is 2.10. The predicted molar refractivity (Wildman–Crippen MR) is 48.0 cm³/mol. The highest BCUT2D eigenvalue weighted by molar-refractivity contribution is 5.32. The molecular weight excluding hydrogens is 186 g/mol. The summed E-state index contributed by atoms with van der Waals surface area (Å²) in [5.41, 5.74) is 1.45. The van der Waals surface area contributed by atoms with E-state index in [1.54, 1.807) is 13.8 Å². The maximum Gasteiger partial charge on any atom is 0.264 e. The van der Waals surface area contributed by atoms with Gasteiger partial charge in [0.25, 0.3) is 6.43 Å². The molecule has 0 fully saturated rings. The standard InChI is InChI=1S/C10H10F2N2/c1-6-7(2)14-8(3-4-13)5-9(6)10(11)12/h5,10H,3H2,1-2H3. The quantitative estimate of drug-likeness (QED) is 0.729. The summed E-state index contributed by atoms with van der Waals surface area (Å²) in [5.74, 6) is 0. The van der Waals surface area contributed by atoms with Gasteiger partial charge < -0.3 is 0 Å². The van der Waals surface area contributed by atoms with Crippen LogP contribution < -0.4 is 0 Å². The molecule has 0 unspecified atom stereocenters. The van der Waals surface area contributed by atoms with Gasteiger partial charge in [-0.1, -0.05) is 0 Å². The van der Waals surface area contributed by atoms with E-state index in [1.165, 1.54) is 6.07 Å². The molecule has 1 rings (SSSR count). The number of alkyl halides is 2. The fourth-order valence-electron chi connectivity index (χ4n) is 1.23. The van der Waals surface area contributed by atoms with E-state index in [4.69, 9.17) is 5.26 Å². The molecule has 0 saturated carbocycles. The van der Waals surface area contributed by atoms with Crippen molar-refractivity contribution in [3.8, 4) is 6.07 Å². The van der Waals surface area contributed by atoms with Crippen LogP contribution in [0.3, 0.4) is 0 Å². The number of rotatable bonds is 2. The number of halogens is 2. The van der Waals surface area contributed by atoms with Crippen LogP contribution in [-0.2, 0) is 6.42 Å². The summed E-state index contributed by atoms with van der Waals surface area (Å²) in [4.78, 5) is 4.05. The van der Waals surface area contributed by atoms with Gasteiger partial charge in [0.05, 0.1) is 18.2 Å². The van der Waals surface area contributed by atoms with Crippen molar-refractivity contribution < 1.29 is 8.78 Å². The van der Waals surface area contributed by atoms with Crippen molar-refractivity contribution in [1.82, 2.24) is 4.98 Å². The van der Waals surface area contributed by atoms with Crippen LogP contribution in [-0.4, -0.2) is 4.98 Å². The second-order valence-corrected chi connectivity index (χ2v) is 3.05. The van der Waals surface area contributed by atoms with Crippen molar-refractivity contribution in [1.29, 1.82) is 5.26 Å². The fourth-order valence-corrected chi connectivity index (χ4v) is 1.23. The minimum atomic E-state index is -2.51. The normalized spacial score (nSPS) is 10.3. The van der Waals surface area contributed by atoms with Gasteiger partial charge in [0.15, 0.2) is 0 Å². The van der Waals surface area contributed by atoms with E-state index in [2.05, 4.69) is 4.98 Å². The van der Waals surface area contributed by atoms with E-state index >= 15 is 0 Å². The first-order valence-electron chi connectivity index (χ1n) is 4.18. The summed E-state index contributed by atoms with van der Waals surface area (Å²) in [5, 5.41) is 8.43. The first kappa shape index (κ1) is 10.6. The smallest absolute Gasteiger partial charge is 0.257 e. The van der Waals surface area contributed by atoms with E-state index in [0.717, 1.165) is 0 Å². The molecule has 0 aliphatic heterocycles. The topological polar surface area (TPSA) is 36.7 Å². The predicted octanol–water partition coefficient (Wildman–Crippen LogP) is 2.70. The maximum atomic E-state index is 12.5. The highest BCUT2D eigenvalue weighted by Crippen LogP contribution is 2.24. The van der Waals surface area contributed by atoms with Gasteiger partial charge in [-0.2, -0.15) is 5.26 Å². The molecule has 0 aliphatic carbocycles. The fraction of sp³-hybridized carbons (Fsp3) is 0.400. The molecule has 1 aromatic heterocycles. The minimum Gasteiger partial charge on any atom is -0.257 e. The largest absolute Gasteiger partial charge is 0.264 e. The average molecular weight is 196 g/mol. The number of hydrogen-bond acceptors (Lipinski definition) is 2. The second kappa shape index (κ2) is 4.14. The summed E-state index contributed by atoms with van der Waals surface area (Å²) in [6.45, 7) is 3.28. The number of aromatic nitrogens is 1. The number of nitrogens with zero attached hydrogens (tertiary/aromatic N) is 2. The molecule has 1 aromatic rings. The van der Waals surface area contributed by atoms with Gasteiger partial charge in [0.2, 0.25) is 0 Å². The number of nitriles is 1. The number of pyridine rings is 1. The molecule has 14 heavy (non-hydrogen) atoms. The molecule has 0 radical (unpaired) electrons. The zero-order chi connectivity index (χ0) is 10.7. The van der Waals surface area contributed by atoms with Gasteiger partial charge in [-0.3, -0.25) is 4.98 Å². The molecule has 2 nitrogen and oxygen atoms in total. The molecule has 74 valence electrons. The molecule has 0 aromatic carbocycles. The highest BCUT2D eigenvalue weighted by Gasteiger charge is 2.14. The molecule has 0 bridgehead atoms. The van der Waals surface area contributed by atoms with Crippen molar-refractivity contribution in [2.45, 2.75) is 26.7 Å². The van der Waals surface area contributed by atoms with Gasteiger partial charge >= 0.3 is 0 Å². The van der Waals surface area contributed by atoms with Crippen LogP contribution in [0.5, 0.6) is 0 Å². The van der Waals surface area contributed by atoms with Crippen molar-refractivity contribution in [3.63, 3.8) is 0 Å². The van der Waals surface area contributed by atoms with Gasteiger partial charge in [-0.25, -0.2) is 8.78 Å². The van der Waals surface area contributed by atoms with Gasteiger partial charge in [-0.05, 0) is 25.5 Å². The molecular formula is C10H10F2N2. The summed E-state index contributed by atoms with van der Waals surface area (Å²) < 4.78 is 25.0. The lowest BCUT2D eigenvalue weighted by Crippen LogP contribution is -2.00. The first-order valence-corrected chi connectivity index (χ1v) is 4.18. The third kappa shape index (κ3) is 2.05. The zero-order valence-corrected chi connectivity index (χ0v) is 8.01. The Morgan fingerprint density at radius 2 is 2.14 bits per heavy atom. The molecule has 0 N–H and O–H groups in total. The average Bonchev–Trinajstić information content (AvgIpc) is 2.11. The maximum absolute atomic E-state index is 12.5.